The average molecular weight is 285 g/mol. The number of hydrogen-bond acceptors (Lipinski definition) is 4. The van der Waals surface area contributed by atoms with E-state index in [2.05, 4.69) is 15.2 Å². The van der Waals surface area contributed by atoms with Crippen LogP contribution in [0.2, 0.25) is 0 Å². The standard InChI is InChI=1S/C15H19N5O/c16-9-13-8-11(3-5-17-13)15(21)20-7-1-2-12(10-20)14-4-6-18-19-14/h3-6,8,12H,1-2,7,9-10,16H2,(H,18,19). The van der Waals surface area contributed by atoms with Crippen molar-refractivity contribution in [2.75, 3.05) is 13.1 Å². The van der Waals surface area contributed by atoms with E-state index >= 15 is 0 Å². The Hall–Kier alpha value is -2.21. The van der Waals surface area contributed by atoms with E-state index in [-0.39, 0.29) is 5.91 Å². The molecule has 3 rings (SSSR count). The third kappa shape index (κ3) is 2.95. The maximum atomic E-state index is 12.6. The van der Waals surface area contributed by atoms with Gasteiger partial charge in [-0.15, -0.1) is 0 Å². The molecule has 2 aromatic heterocycles. The fourth-order valence-corrected chi connectivity index (χ4v) is 2.81. The molecule has 3 heterocycles. The van der Waals surface area contributed by atoms with Crippen LogP contribution in [0.4, 0.5) is 0 Å². The highest BCUT2D eigenvalue weighted by atomic mass is 16.2. The molecule has 1 amide bonds. The number of carbonyl (C=O) groups excluding carboxylic acids is 1. The van der Waals surface area contributed by atoms with E-state index in [4.69, 9.17) is 5.73 Å². The van der Waals surface area contributed by atoms with Crippen LogP contribution in [-0.4, -0.2) is 39.1 Å². The number of piperidine rings is 1. The number of rotatable bonds is 3. The summed E-state index contributed by atoms with van der Waals surface area (Å²) in [5.74, 6) is 0.386. The zero-order chi connectivity index (χ0) is 14.7. The molecule has 3 N–H and O–H groups in total. The molecule has 110 valence electrons. The van der Waals surface area contributed by atoms with Gasteiger partial charge in [0, 0.05) is 49.2 Å². The minimum atomic E-state index is 0.0521. The van der Waals surface area contributed by atoms with Crippen molar-refractivity contribution in [1.29, 1.82) is 0 Å². The van der Waals surface area contributed by atoms with E-state index in [0.717, 1.165) is 37.3 Å². The smallest absolute Gasteiger partial charge is 0.253 e. The molecule has 6 heteroatoms. The highest BCUT2D eigenvalue weighted by Crippen LogP contribution is 2.26. The van der Waals surface area contributed by atoms with E-state index in [9.17, 15) is 4.79 Å². The van der Waals surface area contributed by atoms with Gasteiger partial charge in [0.15, 0.2) is 0 Å². The van der Waals surface area contributed by atoms with Gasteiger partial charge in [-0.25, -0.2) is 0 Å². The second kappa shape index (κ2) is 6.05. The normalized spacial score (nSPS) is 18.7. The Morgan fingerprint density at radius 3 is 3.10 bits per heavy atom. The Labute approximate surface area is 123 Å². The third-order valence-electron chi connectivity index (χ3n) is 3.94. The van der Waals surface area contributed by atoms with Crippen molar-refractivity contribution < 1.29 is 4.79 Å². The van der Waals surface area contributed by atoms with Gasteiger partial charge in [0.05, 0.1) is 5.69 Å². The lowest BCUT2D eigenvalue weighted by molar-refractivity contribution is 0.0705. The lowest BCUT2D eigenvalue weighted by Gasteiger charge is -2.32. The van der Waals surface area contributed by atoms with Gasteiger partial charge in [0.2, 0.25) is 0 Å². The average Bonchev–Trinajstić information content (AvgIpc) is 3.09. The summed E-state index contributed by atoms with van der Waals surface area (Å²) in [7, 11) is 0. The molecule has 0 radical (unpaired) electrons. The van der Waals surface area contributed by atoms with Crippen molar-refractivity contribution in [3.8, 4) is 0 Å². The molecule has 0 aliphatic carbocycles. The number of likely N-dealkylation sites (tertiary alicyclic amines) is 1. The molecular formula is C15H19N5O. The lowest BCUT2D eigenvalue weighted by Crippen LogP contribution is -2.39. The van der Waals surface area contributed by atoms with Crippen LogP contribution in [0.1, 0.15) is 40.5 Å². The SMILES string of the molecule is NCc1cc(C(=O)N2CCCC(c3ccn[nH]3)C2)ccn1. The summed E-state index contributed by atoms with van der Waals surface area (Å²) in [6.45, 7) is 1.86. The molecule has 0 saturated carbocycles. The molecule has 6 nitrogen and oxygen atoms in total. The number of nitrogens with zero attached hydrogens (tertiary/aromatic N) is 3. The van der Waals surface area contributed by atoms with Crippen molar-refractivity contribution in [2.24, 2.45) is 5.73 Å². The van der Waals surface area contributed by atoms with E-state index in [1.807, 2.05) is 11.0 Å². The minimum Gasteiger partial charge on any atom is -0.338 e. The molecule has 21 heavy (non-hydrogen) atoms. The molecule has 1 fully saturated rings. The van der Waals surface area contributed by atoms with Gasteiger partial charge >= 0.3 is 0 Å². The predicted molar refractivity (Wildman–Crippen MR) is 78.6 cm³/mol. The number of hydrogen-bond donors (Lipinski definition) is 2. The monoisotopic (exact) mass is 285 g/mol. The quantitative estimate of drug-likeness (QED) is 0.889. The highest BCUT2D eigenvalue weighted by Gasteiger charge is 2.26. The van der Waals surface area contributed by atoms with Gasteiger partial charge in [0.25, 0.3) is 5.91 Å². The Morgan fingerprint density at radius 1 is 1.43 bits per heavy atom. The third-order valence-corrected chi connectivity index (χ3v) is 3.94. The summed E-state index contributed by atoms with van der Waals surface area (Å²) in [5, 5.41) is 7.01. The van der Waals surface area contributed by atoms with E-state index in [1.165, 1.54) is 0 Å². The van der Waals surface area contributed by atoms with E-state index in [1.54, 1.807) is 24.5 Å². The molecule has 2 aromatic rings. The fourth-order valence-electron chi connectivity index (χ4n) is 2.81. The van der Waals surface area contributed by atoms with E-state index < -0.39 is 0 Å². The van der Waals surface area contributed by atoms with Crippen molar-refractivity contribution in [3.05, 3.63) is 47.5 Å². The summed E-state index contributed by atoms with van der Waals surface area (Å²) in [4.78, 5) is 18.7. The van der Waals surface area contributed by atoms with Crippen LogP contribution in [0, 0.1) is 0 Å². The molecule has 1 saturated heterocycles. The number of aromatic amines is 1. The Bertz CT molecular complexity index is 610. The van der Waals surface area contributed by atoms with Crippen molar-refractivity contribution in [2.45, 2.75) is 25.3 Å². The van der Waals surface area contributed by atoms with Crippen LogP contribution >= 0.6 is 0 Å². The molecule has 1 aliphatic heterocycles. The molecule has 1 atom stereocenters. The highest BCUT2D eigenvalue weighted by molar-refractivity contribution is 5.94. The number of nitrogens with one attached hydrogen (secondary N) is 1. The second-order valence-corrected chi connectivity index (χ2v) is 5.34. The zero-order valence-corrected chi connectivity index (χ0v) is 11.8. The molecule has 0 spiro atoms. The van der Waals surface area contributed by atoms with Crippen molar-refractivity contribution in [1.82, 2.24) is 20.1 Å². The first-order valence-corrected chi connectivity index (χ1v) is 7.21. The van der Waals surface area contributed by atoms with Crippen molar-refractivity contribution in [3.63, 3.8) is 0 Å². The van der Waals surface area contributed by atoms with Crippen LogP contribution in [0.15, 0.2) is 30.6 Å². The maximum absolute atomic E-state index is 12.6. The Kier molecular flexibility index (Phi) is 3.96. The fraction of sp³-hybridized carbons (Fsp3) is 0.400. The van der Waals surface area contributed by atoms with Gasteiger partial charge in [0.1, 0.15) is 0 Å². The largest absolute Gasteiger partial charge is 0.338 e. The second-order valence-electron chi connectivity index (χ2n) is 5.34. The summed E-state index contributed by atoms with van der Waals surface area (Å²) < 4.78 is 0. The first kappa shape index (κ1) is 13.8. The van der Waals surface area contributed by atoms with E-state index in [0.29, 0.717) is 18.0 Å². The van der Waals surface area contributed by atoms with Gasteiger partial charge in [-0.1, -0.05) is 0 Å². The first-order valence-electron chi connectivity index (χ1n) is 7.21. The minimum absolute atomic E-state index is 0.0521. The summed E-state index contributed by atoms with van der Waals surface area (Å²) in [6, 6.07) is 5.51. The van der Waals surface area contributed by atoms with Gasteiger partial charge in [-0.05, 0) is 31.0 Å². The van der Waals surface area contributed by atoms with Crippen molar-refractivity contribution >= 4 is 5.91 Å². The molecule has 1 unspecified atom stereocenters. The van der Waals surface area contributed by atoms with Crippen LogP contribution in [0.5, 0.6) is 0 Å². The van der Waals surface area contributed by atoms with Crippen LogP contribution < -0.4 is 5.73 Å². The van der Waals surface area contributed by atoms with Crippen LogP contribution in [0.3, 0.4) is 0 Å². The molecule has 1 aliphatic rings. The number of pyridine rings is 1. The number of carbonyl (C=O) groups is 1. The number of nitrogens with two attached hydrogens (primary N) is 1. The van der Waals surface area contributed by atoms with Gasteiger partial charge < -0.3 is 10.6 Å². The molecule has 0 aromatic carbocycles. The topological polar surface area (TPSA) is 87.9 Å². The summed E-state index contributed by atoms with van der Waals surface area (Å²) >= 11 is 0. The first-order chi connectivity index (χ1) is 10.3. The van der Waals surface area contributed by atoms with Gasteiger partial charge in [-0.3, -0.25) is 14.9 Å². The summed E-state index contributed by atoms with van der Waals surface area (Å²) in [6.07, 6.45) is 5.48. The number of amides is 1. The summed E-state index contributed by atoms with van der Waals surface area (Å²) in [5.41, 5.74) is 8.09. The Morgan fingerprint density at radius 2 is 2.33 bits per heavy atom. The van der Waals surface area contributed by atoms with Crippen LogP contribution in [-0.2, 0) is 6.54 Å². The lowest BCUT2D eigenvalue weighted by atomic mass is 9.94. The maximum Gasteiger partial charge on any atom is 0.253 e. The Balaban J connectivity index is 1.74. The number of H-pyrrole nitrogens is 1. The molecule has 0 bridgehead atoms. The zero-order valence-electron chi connectivity index (χ0n) is 11.8. The number of aromatic nitrogens is 3. The van der Waals surface area contributed by atoms with Gasteiger partial charge in [-0.2, -0.15) is 5.10 Å². The predicted octanol–water partition coefficient (Wildman–Crippen LogP) is 1.28. The molecular weight excluding hydrogens is 266 g/mol. The van der Waals surface area contributed by atoms with Crippen LogP contribution in [0.25, 0.3) is 0 Å².